The number of fused-ring (bicyclic) bond motifs is 8. The number of para-hydroxylation sites is 1. The predicted molar refractivity (Wildman–Crippen MR) is 184 cm³/mol. The molecule has 0 aliphatic heterocycles. The minimum absolute atomic E-state index is 0.659. The van der Waals surface area contributed by atoms with Crippen LogP contribution in [0.25, 0.3) is 65.5 Å². The molecule has 2 heterocycles. The molecule has 9 rings (SSSR count). The van der Waals surface area contributed by atoms with Gasteiger partial charge >= 0.3 is 0 Å². The Morgan fingerprint density at radius 3 is 1.93 bits per heavy atom. The third kappa shape index (κ3) is 3.94. The molecule has 0 atom stereocenters. The molecule has 0 amide bonds. The van der Waals surface area contributed by atoms with Gasteiger partial charge in [0.1, 0.15) is 5.58 Å². The molecule has 9 aromatic rings. The topological polar surface area (TPSA) is 29.3 Å². The molecule has 0 unspecified atom stereocenters. The highest BCUT2D eigenvalue weighted by Gasteiger charge is 2.16. The summed E-state index contributed by atoms with van der Waals surface area (Å²) in [5, 5.41) is 9.74. The zero-order chi connectivity index (χ0) is 29.0. The van der Waals surface area contributed by atoms with E-state index >= 15 is 0 Å². The molecule has 206 valence electrons. The van der Waals surface area contributed by atoms with Gasteiger partial charge < -0.3 is 9.32 Å². The van der Waals surface area contributed by atoms with Crippen LogP contribution in [0.5, 0.6) is 0 Å². The summed E-state index contributed by atoms with van der Waals surface area (Å²) >= 11 is 0. The third-order valence-corrected chi connectivity index (χ3v) is 8.71. The van der Waals surface area contributed by atoms with Gasteiger partial charge in [0.05, 0.1) is 0 Å². The second-order valence-electron chi connectivity index (χ2n) is 11.2. The number of hydrogen-bond donors (Lipinski definition) is 0. The molecule has 2 aromatic heterocycles. The van der Waals surface area contributed by atoms with Gasteiger partial charge in [0.15, 0.2) is 0 Å². The number of anilines is 3. The first-order chi connectivity index (χ1) is 21.8. The molecule has 7 aromatic carbocycles. The lowest BCUT2D eigenvalue weighted by atomic mass is 9.94. The van der Waals surface area contributed by atoms with Crippen molar-refractivity contribution in [2.24, 2.45) is 0 Å². The molecule has 0 N–H and O–H groups in total. The molecule has 0 spiro atoms. The van der Waals surface area contributed by atoms with E-state index in [-0.39, 0.29) is 0 Å². The van der Waals surface area contributed by atoms with Gasteiger partial charge in [0, 0.05) is 34.0 Å². The maximum absolute atomic E-state index is 6.01. The summed E-state index contributed by atoms with van der Waals surface area (Å²) in [4.78, 5) is 6.71. The minimum Gasteiger partial charge on any atom is -0.438 e. The van der Waals surface area contributed by atoms with Gasteiger partial charge in [0.2, 0.25) is 5.71 Å². The predicted octanol–water partition coefficient (Wildman–Crippen LogP) is 11.6. The Bertz CT molecular complexity index is 2490. The summed E-state index contributed by atoms with van der Waals surface area (Å²) in [5.41, 5.74) is 7.12. The first-order valence-electron chi connectivity index (χ1n) is 14.9. The average molecular weight is 563 g/mol. The van der Waals surface area contributed by atoms with E-state index in [1.165, 1.54) is 43.4 Å². The van der Waals surface area contributed by atoms with E-state index in [2.05, 4.69) is 149 Å². The van der Waals surface area contributed by atoms with Crippen molar-refractivity contribution in [2.45, 2.75) is 0 Å². The van der Waals surface area contributed by atoms with E-state index in [9.17, 15) is 0 Å². The Kier molecular flexibility index (Phi) is 5.50. The number of furan rings is 1. The normalized spacial score (nSPS) is 11.6. The van der Waals surface area contributed by atoms with Gasteiger partial charge in [0.25, 0.3) is 0 Å². The lowest BCUT2D eigenvalue weighted by Crippen LogP contribution is -2.09. The van der Waals surface area contributed by atoms with E-state index in [1.807, 2.05) is 12.1 Å². The van der Waals surface area contributed by atoms with Crippen LogP contribution in [0, 0.1) is 0 Å². The molecular weight excluding hydrogens is 536 g/mol. The van der Waals surface area contributed by atoms with E-state index < -0.39 is 0 Å². The van der Waals surface area contributed by atoms with Gasteiger partial charge in [-0.2, -0.15) is 0 Å². The molecule has 0 aliphatic carbocycles. The maximum Gasteiger partial charge on any atom is 0.227 e. The van der Waals surface area contributed by atoms with Crippen LogP contribution in [-0.4, -0.2) is 4.98 Å². The number of hydrogen-bond acceptors (Lipinski definition) is 3. The maximum atomic E-state index is 6.01. The number of nitrogens with zero attached hydrogens (tertiary/aromatic N) is 2. The van der Waals surface area contributed by atoms with Crippen molar-refractivity contribution in [3.63, 3.8) is 0 Å². The van der Waals surface area contributed by atoms with Crippen molar-refractivity contribution in [2.75, 3.05) is 4.90 Å². The Balaban J connectivity index is 1.15. The molecule has 3 heteroatoms. The van der Waals surface area contributed by atoms with Gasteiger partial charge in [-0.25, -0.2) is 4.98 Å². The first-order valence-corrected chi connectivity index (χ1v) is 14.9. The summed E-state index contributed by atoms with van der Waals surface area (Å²) in [6.45, 7) is 0. The largest absolute Gasteiger partial charge is 0.438 e. The zero-order valence-electron chi connectivity index (χ0n) is 23.8. The molecule has 0 fully saturated rings. The van der Waals surface area contributed by atoms with Gasteiger partial charge in [-0.1, -0.05) is 91.0 Å². The van der Waals surface area contributed by atoms with E-state index in [0.29, 0.717) is 5.71 Å². The third-order valence-electron chi connectivity index (χ3n) is 8.71. The van der Waals surface area contributed by atoms with Crippen molar-refractivity contribution >= 4 is 71.4 Å². The van der Waals surface area contributed by atoms with Crippen LogP contribution in [0.2, 0.25) is 0 Å². The minimum atomic E-state index is 0.659. The lowest BCUT2D eigenvalue weighted by molar-refractivity contribution is 0.654. The fourth-order valence-corrected chi connectivity index (χ4v) is 6.56. The second-order valence-corrected chi connectivity index (χ2v) is 11.2. The summed E-state index contributed by atoms with van der Waals surface area (Å²) < 4.78 is 6.01. The summed E-state index contributed by atoms with van der Waals surface area (Å²) in [7, 11) is 0. The number of benzene rings is 7. The Morgan fingerprint density at radius 2 is 1.07 bits per heavy atom. The molecule has 0 aliphatic rings. The van der Waals surface area contributed by atoms with Crippen LogP contribution in [0.3, 0.4) is 0 Å². The first kappa shape index (κ1) is 24.6. The SMILES string of the molecule is c1ccc(N(c2ccc(-c3ccc4ccc5c6ccccc6ccc5c4c3)cc2)c2ccc3oc4ncccc4c3c2)cc1. The van der Waals surface area contributed by atoms with E-state index in [1.54, 1.807) is 6.20 Å². The Morgan fingerprint density at radius 1 is 0.409 bits per heavy atom. The highest BCUT2D eigenvalue weighted by molar-refractivity contribution is 6.17. The van der Waals surface area contributed by atoms with Gasteiger partial charge in [-0.15, -0.1) is 0 Å². The van der Waals surface area contributed by atoms with Crippen LogP contribution >= 0.6 is 0 Å². The lowest BCUT2D eigenvalue weighted by Gasteiger charge is -2.25. The monoisotopic (exact) mass is 562 g/mol. The van der Waals surface area contributed by atoms with E-state index in [4.69, 9.17) is 4.42 Å². The molecular formula is C41H26N2O. The molecule has 0 saturated carbocycles. The fraction of sp³-hybridized carbons (Fsp3) is 0. The van der Waals surface area contributed by atoms with Crippen molar-refractivity contribution in [1.29, 1.82) is 0 Å². The van der Waals surface area contributed by atoms with Crippen LogP contribution < -0.4 is 4.90 Å². The standard InChI is InChI=1S/C41H26N2O/c1-2-8-31(9-3-1)43(33-20-23-40-39(26-33)37-11-6-24-42-41(37)44-40)32-18-14-27(15-19-32)30-13-12-29-17-21-35-34-10-5-4-7-28(34)16-22-36(35)38(29)25-30/h1-26H. The van der Waals surface area contributed by atoms with Crippen molar-refractivity contribution in [1.82, 2.24) is 4.98 Å². The number of rotatable bonds is 4. The van der Waals surface area contributed by atoms with E-state index in [0.717, 1.165) is 33.4 Å². The quantitative estimate of drug-likeness (QED) is 0.200. The molecule has 0 saturated heterocycles. The van der Waals surface area contributed by atoms with Crippen LogP contribution in [0.1, 0.15) is 0 Å². The van der Waals surface area contributed by atoms with Gasteiger partial charge in [-0.05, 0) is 104 Å². The van der Waals surface area contributed by atoms with Crippen molar-refractivity contribution in [3.8, 4) is 11.1 Å². The average Bonchev–Trinajstić information content (AvgIpc) is 3.47. The van der Waals surface area contributed by atoms with Crippen LogP contribution in [0.4, 0.5) is 17.1 Å². The van der Waals surface area contributed by atoms with Gasteiger partial charge in [-0.3, -0.25) is 0 Å². The number of pyridine rings is 1. The second kappa shape index (κ2) is 9.82. The fourth-order valence-electron chi connectivity index (χ4n) is 6.56. The zero-order valence-corrected chi connectivity index (χ0v) is 23.8. The van der Waals surface area contributed by atoms with Crippen molar-refractivity contribution in [3.05, 3.63) is 158 Å². The molecule has 0 bridgehead atoms. The summed E-state index contributed by atoms with van der Waals surface area (Å²) in [6.07, 6.45) is 1.77. The Labute approximate surface area is 254 Å². The summed E-state index contributed by atoms with van der Waals surface area (Å²) in [6, 6.07) is 54.2. The van der Waals surface area contributed by atoms with Crippen LogP contribution in [0.15, 0.2) is 162 Å². The Hall–Kier alpha value is -5.93. The van der Waals surface area contributed by atoms with Crippen molar-refractivity contribution < 1.29 is 4.42 Å². The highest BCUT2D eigenvalue weighted by Crippen LogP contribution is 2.39. The molecule has 3 nitrogen and oxygen atoms in total. The molecule has 44 heavy (non-hydrogen) atoms. The highest BCUT2D eigenvalue weighted by atomic mass is 16.3. The number of aromatic nitrogens is 1. The van der Waals surface area contributed by atoms with Crippen LogP contribution in [-0.2, 0) is 0 Å². The molecule has 0 radical (unpaired) electrons. The summed E-state index contributed by atoms with van der Waals surface area (Å²) in [5.74, 6) is 0. The smallest absolute Gasteiger partial charge is 0.227 e.